The van der Waals surface area contributed by atoms with Gasteiger partial charge in [-0.3, -0.25) is 4.79 Å². The molecule has 1 aromatic rings. The summed E-state index contributed by atoms with van der Waals surface area (Å²) in [6, 6.07) is 6.76. The average Bonchev–Trinajstić information content (AvgIpc) is 2.66. The number of carbonyl (C=O) groups excluding carboxylic acids is 2. The number of benzene rings is 1. The van der Waals surface area contributed by atoms with Crippen molar-refractivity contribution >= 4 is 17.5 Å². The predicted molar refractivity (Wildman–Crippen MR) is 115 cm³/mol. The van der Waals surface area contributed by atoms with Crippen molar-refractivity contribution in [2.24, 2.45) is 0 Å². The molecule has 0 fully saturated rings. The number of urea groups is 1. The van der Waals surface area contributed by atoms with E-state index in [1.54, 1.807) is 24.3 Å². The molecule has 0 aliphatic carbocycles. The van der Waals surface area contributed by atoms with E-state index >= 15 is 0 Å². The minimum absolute atomic E-state index is 0.0259. The monoisotopic (exact) mass is 374 g/mol. The predicted octanol–water partition coefficient (Wildman–Crippen LogP) is 6.71. The first-order chi connectivity index (χ1) is 13.1. The van der Waals surface area contributed by atoms with E-state index in [0.29, 0.717) is 17.8 Å². The number of hydrogen-bond acceptors (Lipinski definition) is 2. The van der Waals surface area contributed by atoms with Crippen molar-refractivity contribution in [3.05, 3.63) is 29.8 Å². The number of rotatable bonds is 15. The van der Waals surface area contributed by atoms with Gasteiger partial charge in [-0.2, -0.15) is 0 Å². The van der Waals surface area contributed by atoms with Crippen molar-refractivity contribution < 1.29 is 9.59 Å². The number of carbonyl (C=O) groups is 2. The Kier molecular flexibility index (Phi) is 13.1. The van der Waals surface area contributed by atoms with E-state index in [9.17, 15) is 9.59 Å². The van der Waals surface area contributed by atoms with E-state index in [1.165, 1.54) is 77.6 Å². The lowest BCUT2D eigenvalue weighted by Crippen LogP contribution is -2.29. The highest BCUT2D eigenvalue weighted by Crippen LogP contribution is 2.12. The molecule has 2 N–H and O–H groups in total. The molecule has 0 aliphatic rings. The normalized spacial score (nSPS) is 10.6. The highest BCUT2D eigenvalue weighted by molar-refractivity contribution is 5.95. The largest absolute Gasteiger partial charge is 0.338 e. The minimum Gasteiger partial charge on any atom is -0.338 e. The van der Waals surface area contributed by atoms with Crippen molar-refractivity contribution in [3.8, 4) is 0 Å². The molecular weight excluding hydrogens is 336 g/mol. The third-order valence-corrected chi connectivity index (χ3v) is 4.87. The molecule has 0 saturated heterocycles. The second kappa shape index (κ2) is 15.2. The van der Waals surface area contributed by atoms with Gasteiger partial charge in [0.25, 0.3) is 0 Å². The van der Waals surface area contributed by atoms with E-state index in [4.69, 9.17) is 0 Å². The molecule has 1 rings (SSSR count). The smallest absolute Gasteiger partial charge is 0.319 e. The fraction of sp³-hybridized carbons (Fsp3) is 0.652. The number of anilines is 1. The van der Waals surface area contributed by atoms with Crippen LogP contribution in [0.3, 0.4) is 0 Å². The Morgan fingerprint density at radius 2 is 1.22 bits per heavy atom. The number of ketones is 1. The Hall–Kier alpha value is -1.84. The van der Waals surface area contributed by atoms with Crippen LogP contribution in [0.1, 0.15) is 101 Å². The van der Waals surface area contributed by atoms with Crippen LogP contribution in [0.2, 0.25) is 0 Å². The molecule has 0 atom stereocenters. The highest BCUT2D eigenvalue weighted by Gasteiger charge is 2.03. The van der Waals surface area contributed by atoms with Crippen LogP contribution in [0.4, 0.5) is 10.5 Å². The van der Waals surface area contributed by atoms with Crippen molar-refractivity contribution in [1.29, 1.82) is 0 Å². The zero-order chi connectivity index (χ0) is 19.7. The second-order valence-electron chi connectivity index (χ2n) is 7.40. The lowest BCUT2D eigenvalue weighted by atomic mass is 10.1. The van der Waals surface area contributed by atoms with Crippen LogP contribution < -0.4 is 10.6 Å². The van der Waals surface area contributed by atoms with Crippen LogP contribution in [0, 0.1) is 0 Å². The Morgan fingerprint density at radius 1 is 0.741 bits per heavy atom. The summed E-state index contributed by atoms with van der Waals surface area (Å²) in [7, 11) is 0. The van der Waals surface area contributed by atoms with Crippen LogP contribution in [0.15, 0.2) is 24.3 Å². The molecule has 152 valence electrons. The summed E-state index contributed by atoms with van der Waals surface area (Å²) in [6.07, 6.45) is 15.8. The standard InChI is InChI=1S/C23H38N2O2/c1-3-4-5-6-7-8-9-10-11-12-13-14-19-24-23(27)25-22-17-15-21(16-18-22)20(2)26/h15-18H,3-14,19H2,1-2H3,(H2,24,25,27). The first-order valence-electron chi connectivity index (χ1n) is 10.8. The molecule has 0 saturated carbocycles. The van der Waals surface area contributed by atoms with Gasteiger partial charge in [0.15, 0.2) is 5.78 Å². The minimum atomic E-state index is -0.186. The maximum absolute atomic E-state index is 11.8. The van der Waals surface area contributed by atoms with Crippen molar-refractivity contribution in [2.45, 2.75) is 90.9 Å². The first kappa shape index (κ1) is 23.2. The molecule has 0 aromatic heterocycles. The maximum atomic E-state index is 11.8. The van der Waals surface area contributed by atoms with Crippen LogP contribution >= 0.6 is 0 Å². The second-order valence-corrected chi connectivity index (χ2v) is 7.40. The zero-order valence-electron chi connectivity index (χ0n) is 17.3. The molecule has 0 unspecified atom stereocenters. The van der Waals surface area contributed by atoms with Gasteiger partial charge in [-0.25, -0.2) is 4.79 Å². The average molecular weight is 375 g/mol. The van der Waals surface area contributed by atoms with Crippen LogP contribution in [-0.4, -0.2) is 18.4 Å². The summed E-state index contributed by atoms with van der Waals surface area (Å²) >= 11 is 0. The van der Waals surface area contributed by atoms with Gasteiger partial charge >= 0.3 is 6.03 Å². The fourth-order valence-corrected chi connectivity index (χ4v) is 3.13. The summed E-state index contributed by atoms with van der Waals surface area (Å²) in [6.45, 7) is 4.50. The van der Waals surface area contributed by atoms with E-state index < -0.39 is 0 Å². The zero-order valence-corrected chi connectivity index (χ0v) is 17.3. The van der Waals surface area contributed by atoms with Gasteiger partial charge in [-0.1, -0.05) is 77.6 Å². The summed E-state index contributed by atoms with van der Waals surface area (Å²) in [5.74, 6) is 0.0259. The Labute approximate surface area is 165 Å². The van der Waals surface area contributed by atoms with Crippen molar-refractivity contribution in [1.82, 2.24) is 5.32 Å². The first-order valence-corrected chi connectivity index (χ1v) is 10.8. The van der Waals surface area contributed by atoms with Crippen molar-refractivity contribution in [3.63, 3.8) is 0 Å². The molecule has 4 nitrogen and oxygen atoms in total. The van der Waals surface area contributed by atoms with E-state index in [2.05, 4.69) is 17.6 Å². The summed E-state index contributed by atoms with van der Waals surface area (Å²) in [4.78, 5) is 23.1. The van der Waals surface area contributed by atoms with Gasteiger partial charge in [0.2, 0.25) is 0 Å². The Morgan fingerprint density at radius 3 is 1.70 bits per heavy atom. The maximum Gasteiger partial charge on any atom is 0.319 e. The quantitative estimate of drug-likeness (QED) is 0.265. The van der Waals surface area contributed by atoms with Gasteiger partial charge in [0.1, 0.15) is 0 Å². The molecule has 2 amide bonds. The van der Waals surface area contributed by atoms with Gasteiger partial charge < -0.3 is 10.6 Å². The summed E-state index contributed by atoms with van der Waals surface area (Å²) in [5, 5.41) is 5.68. The van der Waals surface area contributed by atoms with Gasteiger partial charge in [-0.15, -0.1) is 0 Å². The lowest BCUT2D eigenvalue weighted by Gasteiger charge is -2.08. The Balaban J connectivity index is 1.93. The van der Waals surface area contributed by atoms with Gasteiger partial charge in [-0.05, 0) is 37.6 Å². The lowest BCUT2D eigenvalue weighted by molar-refractivity contribution is 0.101. The molecule has 0 spiro atoms. The van der Waals surface area contributed by atoms with E-state index in [0.717, 1.165) is 6.42 Å². The molecule has 0 aliphatic heterocycles. The topological polar surface area (TPSA) is 58.2 Å². The molecule has 27 heavy (non-hydrogen) atoms. The fourth-order valence-electron chi connectivity index (χ4n) is 3.13. The number of unbranched alkanes of at least 4 members (excludes halogenated alkanes) is 11. The summed E-state index contributed by atoms with van der Waals surface area (Å²) < 4.78 is 0. The van der Waals surface area contributed by atoms with Gasteiger partial charge in [0, 0.05) is 17.8 Å². The summed E-state index contributed by atoms with van der Waals surface area (Å²) in [5.41, 5.74) is 1.35. The van der Waals surface area contributed by atoms with Crippen molar-refractivity contribution in [2.75, 3.05) is 11.9 Å². The number of hydrogen-bond donors (Lipinski definition) is 2. The molecule has 0 radical (unpaired) electrons. The van der Waals surface area contributed by atoms with Crippen LogP contribution in [0.25, 0.3) is 0 Å². The third-order valence-electron chi connectivity index (χ3n) is 4.87. The van der Waals surface area contributed by atoms with Crippen LogP contribution in [-0.2, 0) is 0 Å². The molecule has 0 bridgehead atoms. The van der Waals surface area contributed by atoms with E-state index in [1.807, 2.05) is 0 Å². The third kappa shape index (κ3) is 12.2. The van der Waals surface area contributed by atoms with Crippen LogP contribution in [0.5, 0.6) is 0 Å². The van der Waals surface area contributed by atoms with Gasteiger partial charge in [0.05, 0.1) is 0 Å². The molecule has 1 aromatic carbocycles. The number of amides is 2. The SMILES string of the molecule is CCCCCCCCCCCCCCNC(=O)Nc1ccc(C(C)=O)cc1. The van der Waals surface area contributed by atoms with E-state index in [-0.39, 0.29) is 11.8 Å². The number of nitrogens with one attached hydrogen (secondary N) is 2. The molecular formula is C23H38N2O2. The number of Topliss-reactive ketones (excluding diaryl/α,β-unsaturated/α-hetero) is 1. The Bertz CT molecular complexity index is 526. The molecule has 0 heterocycles. The highest BCUT2D eigenvalue weighted by atomic mass is 16.2. The molecule has 4 heteroatoms.